The third kappa shape index (κ3) is 3.96. The molecule has 1 aromatic heterocycles. The van der Waals surface area contributed by atoms with Gasteiger partial charge in [0.1, 0.15) is 0 Å². The van der Waals surface area contributed by atoms with Crippen molar-refractivity contribution in [3.05, 3.63) is 48.7 Å². The van der Waals surface area contributed by atoms with Gasteiger partial charge in [0.05, 0.1) is 18.6 Å². The first-order valence-corrected chi connectivity index (χ1v) is 7.03. The highest BCUT2D eigenvalue weighted by atomic mass is 16.5. The topological polar surface area (TPSA) is 49.1 Å². The first kappa shape index (κ1) is 14.9. The fraction of sp³-hybridized carbons (Fsp3) is 0.294. The lowest BCUT2D eigenvalue weighted by Crippen LogP contribution is -2.21. The van der Waals surface area contributed by atoms with Gasteiger partial charge in [-0.2, -0.15) is 5.26 Å². The molecule has 0 aliphatic carbocycles. The lowest BCUT2D eigenvalue weighted by atomic mass is 10.2. The summed E-state index contributed by atoms with van der Waals surface area (Å²) in [7, 11) is 0. The number of ether oxygens (including phenoxy) is 1. The molecule has 1 aromatic carbocycles. The third-order valence-corrected chi connectivity index (χ3v) is 2.88. The first-order valence-electron chi connectivity index (χ1n) is 7.03. The fourth-order valence-corrected chi connectivity index (χ4v) is 2.06. The predicted molar refractivity (Wildman–Crippen MR) is 83.7 cm³/mol. The maximum Gasteiger partial charge on any atom is 0.175 e. The summed E-state index contributed by atoms with van der Waals surface area (Å²) < 4.78 is 5.84. The molecule has 4 heteroatoms. The molecule has 0 saturated heterocycles. The van der Waals surface area contributed by atoms with Crippen molar-refractivity contribution in [3.63, 3.8) is 0 Å². The van der Waals surface area contributed by atoms with Gasteiger partial charge in [0.2, 0.25) is 0 Å². The highest BCUT2D eigenvalue weighted by Crippen LogP contribution is 2.32. The van der Waals surface area contributed by atoms with E-state index in [1.165, 1.54) is 0 Å². The summed E-state index contributed by atoms with van der Waals surface area (Å²) in [5, 5.41) is 8.90. The van der Waals surface area contributed by atoms with E-state index in [1.54, 1.807) is 6.20 Å². The van der Waals surface area contributed by atoms with Gasteiger partial charge < -0.3 is 9.64 Å². The van der Waals surface area contributed by atoms with Crippen LogP contribution in [-0.2, 0) is 0 Å². The quantitative estimate of drug-likeness (QED) is 0.805. The highest BCUT2D eigenvalue weighted by Gasteiger charge is 2.16. The maximum absolute atomic E-state index is 8.90. The Labute approximate surface area is 125 Å². The fourth-order valence-electron chi connectivity index (χ4n) is 2.06. The van der Waals surface area contributed by atoms with Crippen LogP contribution in [0.4, 0.5) is 11.5 Å². The van der Waals surface area contributed by atoms with E-state index < -0.39 is 0 Å². The van der Waals surface area contributed by atoms with E-state index >= 15 is 0 Å². The number of hydrogen-bond donors (Lipinski definition) is 0. The average Bonchev–Trinajstić information content (AvgIpc) is 2.50. The monoisotopic (exact) mass is 281 g/mol. The third-order valence-electron chi connectivity index (χ3n) is 2.88. The largest absolute Gasteiger partial charge is 0.487 e. The van der Waals surface area contributed by atoms with Crippen molar-refractivity contribution < 1.29 is 4.74 Å². The molecule has 0 N–H and O–H groups in total. The Morgan fingerprint density at radius 2 is 1.95 bits per heavy atom. The summed E-state index contributed by atoms with van der Waals surface area (Å²) in [5.74, 6) is 1.47. The van der Waals surface area contributed by atoms with E-state index in [2.05, 4.69) is 11.1 Å². The summed E-state index contributed by atoms with van der Waals surface area (Å²) in [6.45, 7) is 4.55. The second kappa shape index (κ2) is 7.30. The van der Waals surface area contributed by atoms with Gasteiger partial charge in [-0.05, 0) is 38.1 Å². The van der Waals surface area contributed by atoms with Crippen molar-refractivity contribution in [2.75, 3.05) is 11.4 Å². The van der Waals surface area contributed by atoms with Crippen LogP contribution in [0.5, 0.6) is 5.75 Å². The van der Waals surface area contributed by atoms with Crippen LogP contribution < -0.4 is 9.64 Å². The van der Waals surface area contributed by atoms with Gasteiger partial charge in [0.15, 0.2) is 11.6 Å². The Balaban J connectivity index is 2.39. The van der Waals surface area contributed by atoms with Gasteiger partial charge in [0.25, 0.3) is 0 Å². The summed E-state index contributed by atoms with van der Waals surface area (Å²) >= 11 is 0. The predicted octanol–water partition coefficient (Wildman–Crippen LogP) is 3.92. The number of rotatable bonds is 6. The molecule has 0 bridgehead atoms. The molecule has 21 heavy (non-hydrogen) atoms. The molecule has 0 unspecified atom stereocenters. The van der Waals surface area contributed by atoms with Gasteiger partial charge in [-0.3, -0.25) is 0 Å². The van der Waals surface area contributed by atoms with Gasteiger partial charge in [-0.1, -0.05) is 18.2 Å². The molecule has 2 rings (SSSR count). The van der Waals surface area contributed by atoms with Crippen LogP contribution in [0.2, 0.25) is 0 Å². The lowest BCUT2D eigenvalue weighted by molar-refractivity contribution is 0.242. The van der Waals surface area contributed by atoms with Crippen molar-refractivity contribution in [1.82, 2.24) is 4.98 Å². The molecule has 4 nitrogen and oxygen atoms in total. The number of nitriles is 1. The molecule has 0 saturated carbocycles. The molecular weight excluding hydrogens is 262 g/mol. The van der Waals surface area contributed by atoms with Gasteiger partial charge in [-0.25, -0.2) is 4.98 Å². The lowest BCUT2D eigenvalue weighted by Gasteiger charge is -2.25. The molecule has 2 aromatic rings. The number of benzene rings is 1. The molecule has 0 fully saturated rings. The zero-order valence-electron chi connectivity index (χ0n) is 12.4. The number of hydrogen-bond acceptors (Lipinski definition) is 4. The number of nitrogens with zero attached hydrogens (tertiary/aromatic N) is 3. The van der Waals surface area contributed by atoms with Crippen LogP contribution in [-0.4, -0.2) is 17.6 Å². The van der Waals surface area contributed by atoms with Gasteiger partial charge >= 0.3 is 0 Å². The minimum Gasteiger partial charge on any atom is -0.487 e. The SMILES string of the molecule is CC(C)Oc1cccnc1N(CCC#N)c1ccccc1. The van der Waals surface area contributed by atoms with Crippen LogP contribution in [0.3, 0.4) is 0 Å². The molecule has 1 heterocycles. The van der Waals surface area contributed by atoms with Crippen LogP contribution >= 0.6 is 0 Å². The van der Waals surface area contributed by atoms with Crippen molar-refractivity contribution >= 4 is 11.5 Å². The van der Waals surface area contributed by atoms with E-state index in [1.807, 2.05) is 61.2 Å². The van der Waals surface area contributed by atoms with E-state index in [0.717, 1.165) is 17.3 Å². The smallest absolute Gasteiger partial charge is 0.175 e. The number of anilines is 2. The van der Waals surface area contributed by atoms with Gasteiger partial charge in [-0.15, -0.1) is 0 Å². The highest BCUT2D eigenvalue weighted by molar-refractivity contribution is 5.65. The van der Waals surface area contributed by atoms with Crippen LogP contribution in [0, 0.1) is 11.3 Å². The minimum absolute atomic E-state index is 0.0709. The van der Waals surface area contributed by atoms with E-state index in [9.17, 15) is 0 Å². The Hall–Kier alpha value is -2.54. The van der Waals surface area contributed by atoms with Crippen LogP contribution in [0.15, 0.2) is 48.7 Å². The normalized spacial score (nSPS) is 10.2. The zero-order valence-corrected chi connectivity index (χ0v) is 12.4. The molecule has 108 valence electrons. The Morgan fingerprint density at radius 1 is 1.19 bits per heavy atom. The van der Waals surface area contributed by atoms with Crippen molar-refractivity contribution in [1.29, 1.82) is 5.26 Å². The summed E-state index contributed by atoms with van der Waals surface area (Å²) in [5.41, 5.74) is 1.00. The van der Waals surface area contributed by atoms with Crippen LogP contribution in [0.1, 0.15) is 20.3 Å². The average molecular weight is 281 g/mol. The van der Waals surface area contributed by atoms with E-state index in [4.69, 9.17) is 10.00 Å². The first-order chi connectivity index (χ1) is 10.2. The molecule has 0 aliphatic heterocycles. The Morgan fingerprint density at radius 3 is 2.62 bits per heavy atom. The number of para-hydroxylation sites is 1. The second-order valence-electron chi connectivity index (χ2n) is 4.89. The number of pyridine rings is 1. The second-order valence-corrected chi connectivity index (χ2v) is 4.89. The van der Waals surface area contributed by atoms with Crippen molar-refractivity contribution in [2.24, 2.45) is 0 Å². The molecular formula is C17H19N3O. The molecule has 0 radical (unpaired) electrons. The maximum atomic E-state index is 8.90. The summed E-state index contributed by atoms with van der Waals surface area (Å²) in [4.78, 5) is 6.47. The summed E-state index contributed by atoms with van der Waals surface area (Å²) in [6.07, 6.45) is 2.23. The van der Waals surface area contributed by atoms with E-state index in [0.29, 0.717) is 13.0 Å². The Kier molecular flexibility index (Phi) is 5.16. The van der Waals surface area contributed by atoms with Crippen molar-refractivity contribution in [2.45, 2.75) is 26.4 Å². The minimum atomic E-state index is 0.0709. The summed E-state index contributed by atoms with van der Waals surface area (Å²) in [6, 6.07) is 15.9. The van der Waals surface area contributed by atoms with E-state index in [-0.39, 0.29) is 6.10 Å². The van der Waals surface area contributed by atoms with Crippen molar-refractivity contribution in [3.8, 4) is 11.8 Å². The molecule has 0 spiro atoms. The molecule has 0 aliphatic rings. The number of aromatic nitrogens is 1. The molecule has 0 atom stereocenters. The zero-order chi connectivity index (χ0) is 15.1. The van der Waals surface area contributed by atoms with Gasteiger partial charge in [0, 0.05) is 18.4 Å². The van der Waals surface area contributed by atoms with Crippen LogP contribution in [0.25, 0.3) is 0 Å². The molecule has 0 amide bonds. The Bertz CT molecular complexity index is 605. The standard InChI is InChI=1S/C17H19N3O/c1-14(2)21-16-10-6-12-19-17(16)20(13-7-11-18)15-8-4-3-5-9-15/h3-6,8-10,12,14H,7,13H2,1-2H3.